The summed E-state index contributed by atoms with van der Waals surface area (Å²) in [5, 5.41) is 9.83. The SMILES string of the molecule is CC(C)N(C)c1cc2cc(C(=O)O)ccc2nc1-c1ccc(F)cc1F. The van der Waals surface area contributed by atoms with Gasteiger partial charge in [-0.3, -0.25) is 0 Å². The van der Waals surface area contributed by atoms with Crippen LogP contribution in [0.2, 0.25) is 0 Å². The molecule has 3 aromatic rings. The van der Waals surface area contributed by atoms with Gasteiger partial charge >= 0.3 is 5.97 Å². The molecule has 0 saturated carbocycles. The van der Waals surface area contributed by atoms with Crippen LogP contribution in [0.1, 0.15) is 24.2 Å². The molecule has 134 valence electrons. The average Bonchev–Trinajstić information content (AvgIpc) is 2.59. The van der Waals surface area contributed by atoms with Gasteiger partial charge in [-0.2, -0.15) is 0 Å². The number of carboxylic acid groups (broad SMARTS) is 1. The van der Waals surface area contributed by atoms with E-state index < -0.39 is 17.6 Å². The number of halogens is 2. The molecule has 0 aliphatic heterocycles. The third-order valence-electron chi connectivity index (χ3n) is 4.38. The van der Waals surface area contributed by atoms with Gasteiger partial charge < -0.3 is 10.0 Å². The van der Waals surface area contributed by atoms with Crippen molar-refractivity contribution in [1.82, 2.24) is 4.98 Å². The molecule has 6 heteroatoms. The fourth-order valence-corrected chi connectivity index (χ4v) is 2.73. The summed E-state index contributed by atoms with van der Waals surface area (Å²) in [7, 11) is 1.85. The number of rotatable bonds is 4. The zero-order valence-corrected chi connectivity index (χ0v) is 14.6. The number of fused-ring (bicyclic) bond motifs is 1. The van der Waals surface area contributed by atoms with Crippen LogP contribution in [0.15, 0.2) is 42.5 Å². The van der Waals surface area contributed by atoms with Crippen molar-refractivity contribution in [3.05, 3.63) is 59.7 Å². The lowest BCUT2D eigenvalue weighted by Crippen LogP contribution is -2.26. The van der Waals surface area contributed by atoms with Crippen LogP contribution >= 0.6 is 0 Å². The maximum atomic E-state index is 14.4. The molecule has 26 heavy (non-hydrogen) atoms. The third kappa shape index (κ3) is 3.22. The fourth-order valence-electron chi connectivity index (χ4n) is 2.73. The molecular weight excluding hydrogens is 338 g/mol. The Bertz CT molecular complexity index is 1000. The molecule has 0 unspecified atom stereocenters. The number of aromatic nitrogens is 1. The first-order valence-corrected chi connectivity index (χ1v) is 8.14. The molecular formula is C20H18F2N2O2. The quantitative estimate of drug-likeness (QED) is 0.735. The van der Waals surface area contributed by atoms with E-state index >= 15 is 0 Å². The van der Waals surface area contributed by atoms with Crippen LogP contribution < -0.4 is 4.90 Å². The summed E-state index contributed by atoms with van der Waals surface area (Å²) >= 11 is 0. The highest BCUT2D eigenvalue weighted by atomic mass is 19.1. The molecule has 0 atom stereocenters. The number of hydrogen-bond donors (Lipinski definition) is 1. The Balaban J connectivity index is 2.30. The number of hydrogen-bond acceptors (Lipinski definition) is 3. The second kappa shape index (κ2) is 6.71. The van der Waals surface area contributed by atoms with Crippen molar-refractivity contribution in [2.45, 2.75) is 19.9 Å². The maximum Gasteiger partial charge on any atom is 0.335 e. The average molecular weight is 356 g/mol. The van der Waals surface area contributed by atoms with Crippen molar-refractivity contribution in [3.8, 4) is 11.3 Å². The monoisotopic (exact) mass is 356 g/mol. The lowest BCUT2D eigenvalue weighted by atomic mass is 10.0. The van der Waals surface area contributed by atoms with E-state index in [9.17, 15) is 18.7 Å². The number of pyridine rings is 1. The highest BCUT2D eigenvalue weighted by Crippen LogP contribution is 2.34. The zero-order chi connectivity index (χ0) is 19.0. The van der Waals surface area contributed by atoms with Gasteiger partial charge in [-0.15, -0.1) is 0 Å². The van der Waals surface area contributed by atoms with Gasteiger partial charge in [0.1, 0.15) is 11.6 Å². The molecule has 1 heterocycles. The van der Waals surface area contributed by atoms with E-state index in [-0.39, 0.29) is 17.2 Å². The molecule has 1 aromatic heterocycles. The Morgan fingerprint density at radius 1 is 1.12 bits per heavy atom. The summed E-state index contributed by atoms with van der Waals surface area (Å²) < 4.78 is 27.7. The lowest BCUT2D eigenvalue weighted by molar-refractivity contribution is 0.0697. The van der Waals surface area contributed by atoms with E-state index in [1.165, 1.54) is 24.3 Å². The highest BCUT2D eigenvalue weighted by molar-refractivity contribution is 5.96. The van der Waals surface area contributed by atoms with Crippen molar-refractivity contribution in [2.75, 3.05) is 11.9 Å². The van der Waals surface area contributed by atoms with Crippen LogP contribution in [-0.2, 0) is 0 Å². The number of aromatic carboxylic acids is 1. The zero-order valence-electron chi connectivity index (χ0n) is 14.6. The molecule has 4 nitrogen and oxygen atoms in total. The van der Waals surface area contributed by atoms with Crippen molar-refractivity contribution >= 4 is 22.6 Å². The predicted molar refractivity (Wildman–Crippen MR) is 97.6 cm³/mol. The minimum absolute atomic E-state index is 0.0964. The molecule has 0 radical (unpaired) electrons. The molecule has 0 aliphatic rings. The van der Waals surface area contributed by atoms with E-state index in [4.69, 9.17) is 0 Å². The van der Waals surface area contributed by atoms with E-state index in [1.54, 1.807) is 12.1 Å². The fraction of sp³-hybridized carbons (Fsp3) is 0.200. The molecule has 1 N–H and O–H groups in total. The van der Waals surface area contributed by atoms with Gasteiger partial charge in [0.15, 0.2) is 0 Å². The first-order valence-electron chi connectivity index (χ1n) is 8.14. The van der Waals surface area contributed by atoms with Crippen LogP contribution in [0, 0.1) is 11.6 Å². The summed E-state index contributed by atoms with van der Waals surface area (Å²) in [6, 6.07) is 9.84. The number of benzene rings is 2. The molecule has 0 saturated heterocycles. The lowest BCUT2D eigenvalue weighted by Gasteiger charge is -2.26. The van der Waals surface area contributed by atoms with Crippen LogP contribution in [0.5, 0.6) is 0 Å². The molecule has 0 fully saturated rings. The number of nitrogens with zero attached hydrogens (tertiary/aromatic N) is 2. The molecule has 0 amide bonds. The number of carboxylic acids is 1. The normalized spacial score (nSPS) is 11.2. The first-order chi connectivity index (χ1) is 12.3. The summed E-state index contributed by atoms with van der Waals surface area (Å²) in [6.07, 6.45) is 0. The topological polar surface area (TPSA) is 53.4 Å². The van der Waals surface area contributed by atoms with Gasteiger partial charge in [-0.25, -0.2) is 18.6 Å². The maximum absolute atomic E-state index is 14.4. The Morgan fingerprint density at radius 3 is 2.46 bits per heavy atom. The largest absolute Gasteiger partial charge is 0.478 e. The van der Waals surface area contributed by atoms with Gasteiger partial charge in [-0.05, 0) is 50.2 Å². The van der Waals surface area contributed by atoms with Crippen LogP contribution in [0.25, 0.3) is 22.2 Å². The number of anilines is 1. The van der Waals surface area contributed by atoms with Gasteiger partial charge in [-0.1, -0.05) is 0 Å². The molecule has 0 spiro atoms. The molecule has 0 aliphatic carbocycles. The van der Waals surface area contributed by atoms with Crippen molar-refractivity contribution in [3.63, 3.8) is 0 Å². The van der Waals surface area contributed by atoms with Crippen molar-refractivity contribution < 1.29 is 18.7 Å². The highest BCUT2D eigenvalue weighted by Gasteiger charge is 2.18. The summed E-state index contributed by atoms with van der Waals surface area (Å²) in [5.74, 6) is -2.38. The molecule has 0 bridgehead atoms. The van der Waals surface area contributed by atoms with Gasteiger partial charge in [0, 0.05) is 30.1 Å². The third-order valence-corrected chi connectivity index (χ3v) is 4.38. The van der Waals surface area contributed by atoms with Gasteiger partial charge in [0.25, 0.3) is 0 Å². The second-order valence-corrected chi connectivity index (χ2v) is 6.40. The van der Waals surface area contributed by atoms with Gasteiger partial charge in [0.2, 0.25) is 0 Å². The van der Waals surface area contributed by atoms with E-state index in [0.29, 0.717) is 22.3 Å². The van der Waals surface area contributed by atoms with E-state index in [0.717, 1.165) is 6.07 Å². The Morgan fingerprint density at radius 2 is 1.85 bits per heavy atom. The Hall–Kier alpha value is -3.02. The minimum atomic E-state index is -1.03. The van der Waals surface area contributed by atoms with Crippen molar-refractivity contribution in [1.29, 1.82) is 0 Å². The van der Waals surface area contributed by atoms with Crippen LogP contribution in [0.3, 0.4) is 0 Å². The smallest absolute Gasteiger partial charge is 0.335 e. The summed E-state index contributed by atoms with van der Waals surface area (Å²) in [5.41, 5.74) is 1.90. The van der Waals surface area contributed by atoms with E-state index in [2.05, 4.69) is 4.98 Å². The Labute approximate surface area is 149 Å². The van der Waals surface area contributed by atoms with Gasteiger partial charge in [0.05, 0.1) is 22.5 Å². The summed E-state index contributed by atoms with van der Waals surface area (Å²) in [4.78, 5) is 17.7. The Kier molecular flexibility index (Phi) is 4.59. The minimum Gasteiger partial charge on any atom is -0.478 e. The second-order valence-electron chi connectivity index (χ2n) is 6.40. The van der Waals surface area contributed by atoms with Crippen molar-refractivity contribution in [2.24, 2.45) is 0 Å². The molecule has 3 rings (SSSR count). The van der Waals surface area contributed by atoms with E-state index in [1.807, 2.05) is 25.8 Å². The molecule has 2 aromatic carbocycles. The first kappa shape index (κ1) is 17.8. The van der Waals surface area contributed by atoms with Crippen LogP contribution in [0.4, 0.5) is 14.5 Å². The standard InChI is InChI=1S/C20H18F2N2O2/c1-11(2)24(3)18-9-13-8-12(20(25)26)4-7-17(13)23-19(18)15-6-5-14(21)10-16(15)22/h4-11H,1-3H3,(H,25,26). The number of carbonyl (C=O) groups is 1. The predicted octanol–water partition coefficient (Wildman–Crippen LogP) is 4.72. The van der Waals surface area contributed by atoms with Crippen LogP contribution in [-0.4, -0.2) is 29.1 Å². The summed E-state index contributed by atoms with van der Waals surface area (Å²) in [6.45, 7) is 3.95.